The van der Waals surface area contributed by atoms with Crippen LogP contribution in [-0.2, 0) is 16.1 Å². The Morgan fingerprint density at radius 1 is 1.48 bits per heavy atom. The summed E-state index contributed by atoms with van der Waals surface area (Å²) in [5.41, 5.74) is 0.277. The molecule has 2 N–H and O–H groups in total. The molecule has 2 aliphatic heterocycles. The normalized spacial score (nSPS) is 25.7. The molecule has 0 bridgehead atoms. The molecule has 6 nitrogen and oxygen atoms in total. The quantitative estimate of drug-likeness (QED) is 0.834. The van der Waals surface area contributed by atoms with E-state index in [2.05, 4.69) is 24.5 Å². The van der Waals surface area contributed by atoms with E-state index in [0.717, 1.165) is 16.3 Å². The van der Waals surface area contributed by atoms with E-state index >= 15 is 0 Å². The van der Waals surface area contributed by atoms with Gasteiger partial charge in [0, 0.05) is 23.4 Å². The van der Waals surface area contributed by atoms with E-state index in [-0.39, 0.29) is 11.8 Å². The van der Waals surface area contributed by atoms with Gasteiger partial charge in [-0.05, 0) is 27.2 Å². The van der Waals surface area contributed by atoms with E-state index in [1.54, 1.807) is 16.4 Å². The fraction of sp³-hybridized carbons (Fsp3) is 0.571. The molecule has 1 aromatic heterocycles. The van der Waals surface area contributed by atoms with E-state index in [0.29, 0.717) is 25.4 Å². The maximum absolute atomic E-state index is 12.2. The predicted molar refractivity (Wildman–Crippen MR) is 80.0 cm³/mol. The highest BCUT2D eigenvalue weighted by Crippen LogP contribution is 2.43. The lowest BCUT2D eigenvalue weighted by Gasteiger charge is -2.37. The molecule has 0 aliphatic carbocycles. The standard InChI is InChI=1S/C14H19N3O3S/c1-8(2)15-12-9-6-17(20-10(9)7-21-12)14(3)5-4-11(18)16-13(14)19/h7-8,15H,4-6H2,1-3H3,(H,16,18,19). The average Bonchev–Trinajstić information content (AvgIpc) is 2.96. The van der Waals surface area contributed by atoms with Crippen LogP contribution in [-0.4, -0.2) is 28.5 Å². The minimum absolute atomic E-state index is 0.215. The van der Waals surface area contributed by atoms with Crippen molar-refractivity contribution in [3.8, 4) is 5.75 Å². The van der Waals surface area contributed by atoms with Crippen LogP contribution in [0.5, 0.6) is 5.75 Å². The predicted octanol–water partition coefficient (Wildman–Crippen LogP) is 1.87. The zero-order valence-electron chi connectivity index (χ0n) is 12.4. The van der Waals surface area contributed by atoms with E-state index in [1.165, 1.54) is 0 Å². The van der Waals surface area contributed by atoms with Gasteiger partial charge in [0.15, 0.2) is 5.75 Å². The summed E-state index contributed by atoms with van der Waals surface area (Å²) in [4.78, 5) is 29.4. The number of carbonyl (C=O) groups is 2. The Hall–Kier alpha value is -1.60. The molecule has 0 spiro atoms. The lowest BCUT2D eigenvalue weighted by molar-refractivity contribution is -0.169. The van der Waals surface area contributed by atoms with Gasteiger partial charge in [0.1, 0.15) is 5.54 Å². The van der Waals surface area contributed by atoms with Crippen molar-refractivity contribution in [1.82, 2.24) is 10.4 Å². The summed E-state index contributed by atoms with van der Waals surface area (Å²) in [5, 5.41) is 10.5. The summed E-state index contributed by atoms with van der Waals surface area (Å²) in [6.07, 6.45) is 0.810. The van der Waals surface area contributed by atoms with Gasteiger partial charge in [0.05, 0.1) is 11.5 Å². The SMILES string of the molecule is CC(C)Nc1scc2c1CN(C1(C)CCC(=O)NC1=O)O2. The number of thiophene rings is 1. The van der Waals surface area contributed by atoms with Gasteiger partial charge in [-0.3, -0.25) is 14.9 Å². The van der Waals surface area contributed by atoms with Gasteiger partial charge < -0.3 is 10.2 Å². The molecule has 0 saturated carbocycles. The van der Waals surface area contributed by atoms with Crippen LogP contribution in [0.25, 0.3) is 0 Å². The van der Waals surface area contributed by atoms with Crippen LogP contribution in [0.3, 0.4) is 0 Å². The molecular formula is C14H19N3O3S. The molecule has 114 valence electrons. The van der Waals surface area contributed by atoms with Gasteiger partial charge in [-0.25, -0.2) is 0 Å². The summed E-state index contributed by atoms with van der Waals surface area (Å²) in [7, 11) is 0. The summed E-state index contributed by atoms with van der Waals surface area (Å²) in [5.74, 6) is 0.299. The summed E-state index contributed by atoms with van der Waals surface area (Å²) < 4.78 is 0. The van der Waals surface area contributed by atoms with Crippen molar-refractivity contribution >= 4 is 28.2 Å². The van der Waals surface area contributed by atoms with Crippen molar-refractivity contribution in [3.63, 3.8) is 0 Å². The molecule has 1 unspecified atom stereocenters. The molecule has 1 atom stereocenters. The maximum Gasteiger partial charge on any atom is 0.250 e. The Bertz CT molecular complexity index is 598. The first-order valence-corrected chi connectivity index (χ1v) is 7.95. The second-order valence-electron chi connectivity index (χ2n) is 5.99. The molecule has 21 heavy (non-hydrogen) atoms. The number of fused-ring (bicyclic) bond motifs is 1. The van der Waals surface area contributed by atoms with Gasteiger partial charge in [0.2, 0.25) is 11.8 Å². The highest BCUT2D eigenvalue weighted by molar-refractivity contribution is 7.14. The topological polar surface area (TPSA) is 70.7 Å². The highest BCUT2D eigenvalue weighted by Gasteiger charge is 2.48. The van der Waals surface area contributed by atoms with Crippen LogP contribution in [0, 0.1) is 0 Å². The van der Waals surface area contributed by atoms with Crippen molar-refractivity contribution in [2.75, 3.05) is 5.32 Å². The first kappa shape index (κ1) is 14.3. The summed E-state index contributed by atoms with van der Waals surface area (Å²) in [6, 6.07) is 0.341. The number of nitrogens with zero attached hydrogens (tertiary/aromatic N) is 1. The second-order valence-corrected chi connectivity index (χ2v) is 6.87. The average molecular weight is 309 g/mol. The van der Waals surface area contributed by atoms with Gasteiger partial charge in [-0.1, -0.05) is 0 Å². The van der Waals surface area contributed by atoms with Crippen molar-refractivity contribution < 1.29 is 14.4 Å². The molecule has 1 aromatic rings. The van der Waals surface area contributed by atoms with Crippen LogP contribution in [0.4, 0.5) is 5.00 Å². The number of imide groups is 1. The van der Waals surface area contributed by atoms with Gasteiger partial charge in [0.25, 0.3) is 0 Å². The Balaban J connectivity index is 1.79. The van der Waals surface area contributed by atoms with E-state index in [4.69, 9.17) is 4.84 Å². The zero-order valence-corrected chi connectivity index (χ0v) is 13.2. The number of piperidine rings is 1. The Morgan fingerprint density at radius 2 is 2.24 bits per heavy atom. The summed E-state index contributed by atoms with van der Waals surface area (Å²) in [6.45, 7) is 6.54. The van der Waals surface area contributed by atoms with Crippen LogP contribution >= 0.6 is 11.3 Å². The molecular weight excluding hydrogens is 290 g/mol. The number of hydrogen-bond acceptors (Lipinski definition) is 6. The van der Waals surface area contributed by atoms with Crippen LogP contribution in [0.15, 0.2) is 5.38 Å². The molecule has 0 radical (unpaired) electrons. The fourth-order valence-corrected chi connectivity index (χ4v) is 3.60. The van der Waals surface area contributed by atoms with Gasteiger partial charge in [-0.2, -0.15) is 0 Å². The van der Waals surface area contributed by atoms with Crippen molar-refractivity contribution in [3.05, 3.63) is 10.9 Å². The van der Waals surface area contributed by atoms with Crippen LogP contribution in [0.2, 0.25) is 0 Å². The fourth-order valence-electron chi connectivity index (χ4n) is 2.58. The molecule has 2 amide bonds. The van der Waals surface area contributed by atoms with E-state index < -0.39 is 5.54 Å². The van der Waals surface area contributed by atoms with E-state index in [1.807, 2.05) is 12.3 Å². The monoisotopic (exact) mass is 309 g/mol. The number of amides is 2. The Labute approximate surface area is 127 Å². The molecule has 7 heteroatoms. The second kappa shape index (κ2) is 4.99. The molecule has 0 aromatic carbocycles. The van der Waals surface area contributed by atoms with E-state index in [9.17, 15) is 9.59 Å². The third-order valence-corrected chi connectivity index (χ3v) is 4.85. The number of nitrogens with one attached hydrogen (secondary N) is 2. The van der Waals surface area contributed by atoms with Crippen molar-refractivity contribution in [1.29, 1.82) is 0 Å². The number of carbonyl (C=O) groups excluding carboxylic acids is 2. The lowest BCUT2D eigenvalue weighted by atomic mass is 9.90. The molecule has 3 heterocycles. The number of hydroxylamine groups is 2. The molecule has 3 rings (SSSR count). The number of rotatable bonds is 3. The van der Waals surface area contributed by atoms with Crippen LogP contribution < -0.4 is 15.5 Å². The third-order valence-electron chi connectivity index (χ3n) is 3.92. The number of anilines is 1. The number of hydrogen-bond donors (Lipinski definition) is 2. The largest absolute Gasteiger partial charge is 0.403 e. The minimum atomic E-state index is -0.806. The highest BCUT2D eigenvalue weighted by atomic mass is 32.1. The first-order valence-electron chi connectivity index (χ1n) is 7.07. The zero-order chi connectivity index (χ0) is 15.2. The Kier molecular flexibility index (Phi) is 3.41. The third kappa shape index (κ3) is 2.40. The minimum Gasteiger partial charge on any atom is -0.403 e. The molecule has 1 saturated heterocycles. The smallest absolute Gasteiger partial charge is 0.250 e. The maximum atomic E-state index is 12.2. The van der Waals surface area contributed by atoms with Crippen molar-refractivity contribution in [2.45, 2.75) is 51.7 Å². The Morgan fingerprint density at radius 3 is 2.90 bits per heavy atom. The molecule has 1 fully saturated rings. The van der Waals surface area contributed by atoms with Gasteiger partial charge >= 0.3 is 0 Å². The van der Waals surface area contributed by atoms with Crippen LogP contribution in [0.1, 0.15) is 39.2 Å². The van der Waals surface area contributed by atoms with Crippen molar-refractivity contribution in [2.24, 2.45) is 0 Å². The lowest BCUT2D eigenvalue weighted by Crippen LogP contribution is -2.60. The van der Waals surface area contributed by atoms with Gasteiger partial charge in [-0.15, -0.1) is 16.4 Å². The first-order chi connectivity index (χ1) is 9.90. The molecule has 2 aliphatic rings. The summed E-state index contributed by atoms with van der Waals surface area (Å²) >= 11 is 1.61.